The van der Waals surface area contributed by atoms with Crippen molar-refractivity contribution in [2.24, 2.45) is 23.7 Å². The molecule has 4 aromatic rings. The van der Waals surface area contributed by atoms with Crippen molar-refractivity contribution < 1.29 is 46.9 Å². The number of allylic oxidation sites excluding steroid dienone is 2. The molecule has 2 aliphatic heterocycles. The molecular formula is C39H31Cl2F3N4O7S. The van der Waals surface area contributed by atoms with Crippen LogP contribution in [0.25, 0.3) is 0 Å². The molecule has 1 saturated carbocycles. The standard InChI is InChI=1S/C39H31Cl2F3N4O7S/c1-54-21-13-28(49)31(29(14-21)55-2)32-23-9-10-24-30(36(52)47(34(24)50)17-22-4-3-11-56-22)25(23)15-26-35(51)48(37(53)38(26,32)18-5-7-20(40)8-6-18)46-33-27(41)12-19(16-45-33)39(42,43)44/h3-9,11-14,16,24-26,30,32,49H,10,15,17H2,1-2H3,(H,45,46). The molecule has 2 aromatic heterocycles. The summed E-state index contributed by atoms with van der Waals surface area (Å²) >= 11 is 14.0. The zero-order valence-corrected chi connectivity index (χ0v) is 31.8. The zero-order valence-electron chi connectivity index (χ0n) is 29.5. The third-order valence-electron chi connectivity index (χ3n) is 11.4. The number of anilines is 1. The maximum Gasteiger partial charge on any atom is 0.417 e. The number of methoxy groups -OCH3 is 2. The third kappa shape index (κ3) is 5.73. The summed E-state index contributed by atoms with van der Waals surface area (Å²) in [5.74, 6) is -7.72. The van der Waals surface area contributed by atoms with Gasteiger partial charge in [-0.05, 0) is 54.0 Å². The van der Waals surface area contributed by atoms with Crippen LogP contribution in [0.15, 0.2) is 77.8 Å². The monoisotopic (exact) mass is 826 g/mol. The first-order valence-electron chi connectivity index (χ1n) is 17.4. The highest BCUT2D eigenvalue weighted by molar-refractivity contribution is 7.09. The van der Waals surface area contributed by atoms with Crippen molar-refractivity contribution >= 4 is 64.0 Å². The molecule has 6 unspecified atom stereocenters. The topological polar surface area (TPSA) is 138 Å². The number of imide groups is 2. The molecule has 0 bridgehead atoms. The summed E-state index contributed by atoms with van der Waals surface area (Å²) in [6.45, 7) is 0.0784. The molecule has 8 rings (SSSR count). The molecule has 6 atom stereocenters. The number of fused-ring (bicyclic) bond motifs is 4. The Labute approximate surface area is 331 Å². The Kier molecular flexibility index (Phi) is 9.32. The molecular weight excluding hydrogens is 796 g/mol. The summed E-state index contributed by atoms with van der Waals surface area (Å²) in [7, 11) is 2.76. The van der Waals surface area contributed by atoms with Gasteiger partial charge in [0.05, 0.1) is 54.5 Å². The first kappa shape index (κ1) is 37.8. The van der Waals surface area contributed by atoms with Crippen LogP contribution in [0.3, 0.4) is 0 Å². The lowest BCUT2D eigenvalue weighted by Crippen LogP contribution is -2.53. The minimum absolute atomic E-state index is 0.0784. The number of halogens is 5. The molecule has 2 aliphatic carbocycles. The van der Waals surface area contributed by atoms with Crippen molar-refractivity contribution in [2.45, 2.75) is 36.9 Å². The van der Waals surface area contributed by atoms with Gasteiger partial charge in [-0.2, -0.15) is 18.2 Å². The van der Waals surface area contributed by atoms with E-state index in [1.54, 1.807) is 24.3 Å². The molecule has 0 spiro atoms. The first-order chi connectivity index (χ1) is 26.7. The predicted octanol–water partition coefficient (Wildman–Crippen LogP) is 7.38. The summed E-state index contributed by atoms with van der Waals surface area (Å²) < 4.78 is 51.8. The number of benzene rings is 2. The number of amides is 4. The summed E-state index contributed by atoms with van der Waals surface area (Å²) in [6, 6.07) is 13.4. The number of aromatic hydroxyl groups is 1. The molecule has 3 fully saturated rings. The highest BCUT2D eigenvalue weighted by Gasteiger charge is 2.71. The number of carbonyl (C=O) groups excluding carboxylic acids is 4. The second-order valence-corrected chi connectivity index (χ2v) is 15.9. The summed E-state index contributed by atoms with van der Waals surface area (Å²) in [5.41, 5.74) is 0.530. The number of nitrogens with one attached hydrogen (secondary N) is 1. The lowest BCUT2D eigenvalue weighted by atomic mass is 9.49. The number of phenolic OH excluding ortho intramolecular Hbond substituents is 1. The molecule has 4 heterocycles. The Balaban J connectivity index is 1.34. The summed E-state index contributed by atoms with van der Waals surface area (Å²) in [5, 5.41) is 14.2. The van der Waals surface area contributed by atoms with Gasteiger partial charge in [0, 0.05) is 39.7 Å². The number of alkyl halides is 3. The highest BCUT2D eigenvalue weighted by Crippen LogP contribution is 2.66. The maximum absolute atomic E-state index is 15.4. The van der Waals surface area contributed by atoms with E-state index in [1.165, 1.54) is 42.6 Å². The van der Waals surface area contributed by atoms with Gasteiger partial charge >= 0.3 is 6.18 Å². The van der Waals surface area contributed by atoms with Crippen LogP contribution in [0, 0.1) is 23.7 Å². The number of likely N-dealkylation sites (tertiary alicyclic amines) is 1. The fourth-order valence-electron chi connectivity index (χ4n) is 9.04. The quantitative estimate of drug-likeness (QED) is 0.138. The van der Waals surface area contributed by atoms with E-state index in [2.05, 4.69) is 10.4 Å². The summed E-state index contributed by atoms with van der Waals surface area (Å²) in [4.78, 5) is 64.5. The van der Waals surface area contributed by atoms with E-state index in [-0.39, 0.29) is 48.1 Å². The number of carbonyl (C=O) groups is 4. The molecule has 290 valence electrons. The minimum atomic E-state index is -4.77. The van der Waals surface area contributed by atoms with Crippen molar-refractivity contribution in [1.82, 2.24) is 14.9 Å². The van der Waals surface area contributed by atoms with Gasteiger partial charge in [-0.25, -0.2) is 4.98 Å². The summed E-state index contributed by atoms with van der Waals surface area (Å²) in [6.07, 6.45) is -2.39. The van der Waals surface area contributed by atoms with Crippen molar-refractivity contribution in [3.8, 4) is 17.2 Å². The number of aromatic nitrogens is 1. The molecule has 2 aromatic carbocycles. The number of ether oxygens (including phenoxy) is 2. The number of hydrazine groups is 1. The first-order valence-corrected chi connectivity index (χ1v) is 19.0. The van der Waals surface area contributed by atoms with Gasteiger partial charge < -0.3 is 14.6 Å². The Morgan fingerprint density at radius 2 is 1.75 bits per heavy atom. The molecule has 4 aliphatic rings. The number of nitrogens with zero attached hydrogens (tertiary/aromatic N) is 3. The normalized spacial score (nSPS) is 25.8. The maximum atomic E-state index is 15.4. The fourth-order valence-corrected chi connectivity index (χ4v) is 10.1. The van der Waals surface area contributed by atoms with Crippen LogP contribution in [0.1, 0.15) is 40.3 Å². The Morgan fingerprint density at radius 3 is 2.39 bits per heavy atom. The fraction of sp³-hybridized carbons (Fsp3) is 0.308. The van der Waals surface area contributed by atoms with E-state index in [4.69, 9.17) is 32.7 Å². The molecule has 17 heteroatoms. The van der Waals surface area contributed by atoms with Crippen LogP contribution in [0.4, 0.5) is 19.0 Å². The molecule has 2 saturated heterocycles. The molecule has 2 N–H and O–H groups in total. The smallest absolute Gasteiger partial charge is 0.417 e. The Hall–Kier alpha value is -5.12. The van der Waals surface area contributed by atoms with Gasteiger partial charge in [0.25, 0.3) is 11.8 Å². The average molecular weight is 828 g/mol. The number of thiophene rings is 1. The van der Waals surface area contributed by atoms with Crippen molar-refractivity contribution in [3.05, 3.63) is 109 Å². The molecule has 0 radical (unpaired) electrons. The van der Waals surface area contributed by atoms with E-state index in [0.717, 1.165) is 4.88 Å². The average Bonchev–Trinajstić information content (AvgIpc) is 3.83. The largest absolute Gasteiger partial charge is 0.507 e. The van der Waals surface area contributed by atoms with Gasteiger partial charge in [0.2, 0.25) is 11.8 Å². The van der Waals surface area contributed by atoms with Gasteiger partial charge in [0.15, 0.2) is 5.82 Å². The van der Waals surface area contributed by atoms with Crippen LogP contribution in [0.5, 0.6) is 17.2 Å². The molecule has 4 amide bonds. The van der Waals surface area contributed by atoms with Crippen LogP contribution >= 0.6 is 34.5 Å². The van der Waals surface area contributed by atoms with Gasteiger partial charge in [0.1, 0.15) is 17.2 Å². The SMILES string of the molecule is COc1cc(O)c(C2C3=CCC4C(=O)N(Cc5cccs5)C(=O)C4C3CC3C(=O)N(Nc4ncc(C(F)(F)F)cc4Cl)C(=O)C32c2ccc(Cl)cc2)c(OC)c1. The number of hydrogen-bond donors (Lipinski definition) is 2. The number of pyridine rings is 1. The zero-order chi connectivity index (χ0) is 39.8. The Bertz CT molecular complexity index is 2320. The molecule has 56 heavy (non-hydrogen) atoms. The van der Waals surface area contributed by atoms with Crippen molar-refractivity contribution in [2.75, 3.05) is 19.6 Å². The predicted molar refractivity (Wildman–Crippen MR) is 198 cm³/mol. The lowest BCUT2D eigenvalue weighted by molar-refractivity contribution is -0.142. The van der Waals surface area contributed by atoms with Crippen molar-refractivity contribution in [1.29, 1.82) is 0 Å². The van der Waals surface area contributed by atoms with Crippen LogP contribution in [-0.2, 0) is 37.3 Å². The second-order valence-electron chi connectivity index (χ2n) is 14.0. The second kappa shape index (κ2) is 13.8. The molecule has 11 nitrogen and oxygen atoms in total. The number of hydrogen-bond acceptors (Lipinski definition) is 10. The Morgan fingerprint density at radius 1 is 1.00 bits per heavy atom. The van der Waals surface area contributed by atoms with E-state index in [0.29, 0.717) is 33.4 Å². The van der Waals surface area contributed by atoms with Crippen LogP contribution in [0.2, 0.25) is 10.0 Å². The number of phenols is 1. The van der Waals surface area contributed by atoms with Crippen LogP contribution in [-0.4, -0.2) is 57.8 Å². The minimum Gasteiger partial charge on any atom is -0.507 e. The van der Waals surface area contributed by atoms with E-state index < -0.39 is 75.3 Å². The van der Waals surface area contributed by atoms with Gasteiger partial charge in [-0.15, -0.1) is 11.3 Å². The third-order valence-corrected chi connectivity index (χ3v) is 12.8. The lowest BCUT2D eigenvalue weighted by Gasteiger charge is -2.50. The number of rotatable bonds is 8. The van der Waals surface area contributed by atoms with Crippen LogP contribution < -0.4 is 14.9 Å². The van der Waals surface area contributed by atoms with Gasteiger partial charge in [-0.1, -0.05) is 53.1 Å². The van der Waals surface area contributed by atoms with E-state index in [1.807, 2.05) is 23.6 Å². The van der Waals surface area contributed by atoms with E-state index in [9.17, 15) is 32.7 Å². The highest BCUT2D eigenvalue weighted by atomic mass is 35.5. The van der Waals surface area contributed by atoms with Crippen molar-refractivity contribution in [3.63, 3.8) is 0 Å². The van der Waals surface area contributed by atoms with E-state index >= 15 is 4.79 Å². The van der Waals surface area contributed by atoms with Gasteiger partial charge in [-0.3, -0.25) is 29.5 Å².